The molecule has 1 aromatic carbocycles. The minimum Gasteiger partial charge on any atom is -0.338 e. The van der Waals surface area contributed by atoms with Crippen LogP contribution < -0.4 is 5.56 Å². The Hall–Kier alpha value is -3.28. The number of benzene rings is 1. The van der Waals surface area contributed by atoms with E-state index in [0.29, 0.717) is 18.7 Å². The molecule has 1 saturated heterocycles. The quantitative estimate of drug-likeness (QED) is 0.664. The molecule has 6 heteroatoms. The van der Waals surface area contributed by atoms with Crippen molar-refractivity contribution < 1.29 is 9.18 Å². The molecule has 1 unspecified atom stereocenters. The average Bonchev–Trinajstić information content (AvgIpc) is 2.75. The second-order valence-electron chi connectivity index (χ2n) is 7.89. The third-order valence-corrected chi connectivity index (χ3v) is 5.61. The first-order valence-electron chi connectivity index (χ1n) is 10.1. The SMILES string of the molecule is Cc1cc(-c2ccc(F)cc2)cc(C2CCCN(C(=O)c3ccc(=O)n(C)c3)C2)n1. The molecule has 3 heterocycles. The topological polar surface area (TPSA) is 55.2 Å². The summed E-state index contributed by atoms with van der Waals surface area (Å²) in [6.07, 6.45) is 3.44. The first-order valence-corrected chi connectivity index (χ1v) is 10.1. The number of hydrogen-bond acceptors (Lipinski definition) is 3. The molecule has 1 fully saturated rings. The van der Waals surface area contributed by atoms with E-state index in [1.807, 2.05) is 24.0 Å². The minimum atomic E-state index is -0.260. The zero-order chi connectivity index (χ0) is 21.3. The van der Waals surface area contributed by atoms with Gasteiger partial charge < -0.3 is 9.47 Å². The van der Waals surface area contributed by atoms with Gasteiger partial charge in [0, 0.05) is 49.7 Å². The highest BCUT2D eigenvalue weighted by Crippen LogP contribution is 2.30. The Morgan fingerprint density at radius 3 is 2.60 bits per heavy atom. The summed E-state index contributed by atoms with van der Waals surface area (Å²) < 4.78 is 14.7. The van der Waals surface area contributed by atoms with E-state index in [1.165, 1.54) is 22.8 Å². The smallest absolute Gasteiger partial charge is 0.255 e. The molecule has 0 radical (unpaired) electrons. The van der Waals surface area contributed by atoms with Crippen molar-refractivity contribution in [2.24, 2.45) is 7.05 Å². The number of pyridine rings is 2. The summed E-state index contributed by atoms with van der Waals surface area (Å²) in [6.45, 7) is 3.22. The van der Waals surface area contributed by atoms with Gasteiger partial charge in [-0.3, -0.25) is 14.6 Å². The van der Waals surface area contributed by atoms with Gasteiger partial charge in [0.2, 0.25) is 5.56 Å². The van der Waals surface area contributed by atoms with Crippen molar-refractivity contribution in [3.63, 3.8) is 0 Å². The zero-order valence-electron chi connectivity index (χ0n) is 17.1. The van der Waals surface area contributed by atoms with Gasteiger partial charge in [-0.05, 0) is 61.2 Å². The van der Waals surface area contributed by atoms with Gasteiger partial charge in [0.25, 0.3) is 5.91 Å². The van der Waals surface area contributed by atoms with E-state index in [2.05, 4.69) is 0 Å². The molecule has 0 N–H and O–H groups in total. The predicted octanol–water partition coefficient (Wildman–Crippen LogP) is 3.91. The van der Waals surface area contributed by atoms with Crippen molar-refractivity contribution in [3.8, 4) is 11.1 Å². The van der Waals surface area contributed by atoms with E-state index in [-0.39, 0.29) is 23.2 Å². The molecule has 3 aromatic rings. The molecule has 30 heavy (non-hydrogen) atoms. The number of carbonyl (C=O) groups is 1. The van der Waals surface area contributed by atoms with Crippen LogP contribution in [-0.2, 0) is 7.05 Å². The summed E-state index contributed by atoms with van der Waals surface area (Å²) in [5, 5.41) is 0. The van der Waals surface area contributed by atoms with Crippen molar-refractivity contribution in [1.82, 2.24) is 14.5 Å². The summed E-state index contributed by atoms with van der Waals surface area (Å²) in [7, 11) is 1.64. The van der Waals surface area contributed by atoms with E-state index in [9.17, 15) is 14.0 Å². The molecule has 5 nitrogen and oxygen atoms in total. The lowest BCUT2D eigenvalue weighted by Crippen LogP contribution is -2.39. The van der Waals surface area contributed by atoms with Crippen molar-refractivity contribution >= 4 is 5.91 Å². The monoisotopic (exact) mass is 405 g/mol. The lowest BCUT2D eigenvalue weighted by Gasteiger charge is -2.33. The lowest BCUT2D eigenvalue weighted by atomic mass is 9.92. The molecule has 154 valence electrons. The van der Waals surface area contributed by atoms with E-state index in [1.54, 1.807) is 31.4 Å². The maximum absolute atomic E-state index is 13.3. The predicted molar refractivity (Wildman–Crippen MR) is 114 cm³/mol. The highest BCUT2D eigenvalue weighted by atomic mass is 19.1. The van der Waals surface area contributed by atoms with Gasteiger partial charge in [0.15, 0.2) is 0 Å². The van der Waals surface area contributed by atoms with E-state index < -0.39 is 0 Å². The molecule has 0 aliphatic carbocycles. The summed E-state index contributed by atoms with van der Waals surface area (Å²) >= 11 is 0. The number of aryl methyl sites for hydroxylation is 2. The molecule has 0 spiro atoms. The van der Waals surface area contributed by atoms with Crippen LogP contribution in [0.2, 0.25) is 0 Å². The summed E-state index contributed by atoms with van der Waals surface area (Å²) in [5.74, 6) is -0.194. The van der Waals surface area contributed by atoms with Gasteiger partial charge in [0.05, 0.1) is 5.56 Å². The van der Waals surface area contributed by atoms with Crippen LogP contribution in [0, 0.1) is 12.7 Å². The van der Waals surface area contributed by atoms with Crippen molar-refractivity contribution in [2.75, 3.05) is 13.1 Å². The maximum atomic E-state index is 13.3. The number of carbonyl (C=O) groups excluding carboxylic acids is 1. The summed E-state index contributed by atoms with van der Waals surface area (Å²) in [4.78, 5) is 31.2. The molecule has 1 atom stereocenters. The van der Waals surface area contributed by atoms with Crippen LogP contribution >= 0.6 is 0 Å². The summed E-state index contributed by atoms with van der Waals surface area (Å²) in [6, 6.07) is 13.5. The van der Waals surface area contributed by atoms with Gasteiger partial charge in [-0.1, -0.05) is 12.1 Å². The number of halogens is 1. The standard InChI is InChI=1S/C24H24FN3O2/c1-16-12-20(17-5-8-21(25)9-6-17)13-22(26-16)18-4-3-11-28(15-18)24(30)19-7-10-23(29)27(2)14-19/h5-10,12-14,18H,3-4,11,15H2,1-2H3. The number of likely N-dealkylation sites (tertiary alicyclic amines) is 1. The van der Waals surface area contributed by atoms with Crippen molar-refractivity contribution in [3.05, 3.63) is 87.9 Å². The second-order valence-corrected chi connectivity index (χ2v) is 7.89. The number of amides is 1. The van der Waals surface area contributed by atoms with Gasteiger partial charge >= 0.3 is 0 Å². The fourth-order valence-corrected chi connectivity index (χ4v) is 4.02. The van der Waals surface area contributed by atoms with Crippen LogP contribution in [0.1, 0.15) is 40.5 Å². The number of aromatic nitrogens is 2. The molecule has 4 rings (SSSR count). The first kappa shape index (κ1) is 20.0. The Balaban J connectivity index is 1.58. The maximum Gasteiger partial charge on any atom is 0.255 e. The van der Waals surface area contributed by atoms with Crippen LogP contribution in [0.4, 0.5) is 4.39 Å². The molecular formula is C24H24FN3O2. The Morgan fingerprint density at radius 1 is 1.10 bits per heavy atom. The molecule has 0 saturated carbocycles. The molecule has 1 aliphatic rings. The highest BCUT2D eigenvalue weighted by Gasteiger charge is 2.27. The van der Waals surface area contributed by atoms with E-state index >= 15 is 0 Å². The Bertz CT molecular complexity index is 1140. The first-order chi connectivity index (χ1) is 14.4. The van der Waals surface area contributed by atoms with Gasteiger partial charge in [-0.15, -0.1) is 0 Å². The Labute approximate surface area is 174 Å². The third kappa shape index (κ3) is 4.17. The number of hydrogen-bond donors (Lipinski definition) is 0. The van der Waals surface area contributed by atoms with E-state index in [0.717, 1.165) is 35.4 Å². The van der Waals surface area contributed by atoms with Gasteiger partial charge in [-0.2, -0.15) is 0 Å². The van der Waals surface area contributed by atoms with Gasteiger partial charge in [0.1, 0.15) is 5.82 Å². The average molecular weight is 405 g/mol. The van der Waals surface area contributed by atoms with Crippen LogP contribution in [0.3, 0.4) is 0 Å². The van der Waals surface area contributed by atoms with Crippen molar-refractivity contribution in [2.45, 2.75) is 25.7 Å². The Morgan fingerprint density at radius 2 is 1.87 bits per heavy atom. The molecular weight excluding hydrogens is 381 g/mol. The van der Waals surface area contributed by atoms with Crippen LogP contribution in [0.5, 0.6) is 0 Å². The van der Waals surface area contributed by atoms with Crippen molar-refractivity contribution in [1.29, 1.82) is 0 Å². The molecule has 1 aliphatic heterocycles. The molecule has 2 aromatic heterocycles. The van der Waals surface area contributed by atoms with Gasteiger partial charge in [-0.25, -0.2) is 4.39 Å². The highest BCUT2D eigenvalue weighted by molar-refractivity contribution is 5.94. The second kappa shape index (κ2) is 8.22. The lowest BCUT2D eigenvalue weighted by molar-refractivity contribution is 0.0705. The zero-order valence-corrected chi connectivity index (χ0v) is 17.1. The van der Waals surface area contributed by atoms with E-state index in [4.69, 9.17) is 4.98 Å². The number of rotatable bonds is 3. The van der Waals surface area contributed by atoms with Crippen LogP contribution in [0.15, 0.2) is 59.5 Å². The van der Waals surface area contributed by atoms with Crippen LogP contribution in [-0.4, -0.2) is 33.4 Å². The minimum absolute atomic E-state index is 0.0679. The third-order valence-electron chi connectivity index (χ3n) is 5.61. The molecule has 0 bridgehead atoms. The fourth-order valence-electron chi connectivity index (χ4n) is 4.02. The normalized spacial score (nSPS) is 16.5. The Kier molecular flexibility index (Phi) is 5.48. The fraction of sp³-hybridized carbons (Fsp3) is 0.292. The molecule has 1 amide bonds. The number of piperidine rings is 1. The summed E-state index contributed by atoms with van der Waals surface area (Å²) in [5.41, 5.74) is 4.17. The largest absolute Gasteiger partial charge is 0.338 e. The van der Waals surface area contributed by atoms with Crippen LogP contribution in [0.25, 0.3) is 11.1 Å². The number of nitrogens with zero attached hydrogens (tertiary/aromatic N) is 3.